The van der Waals surface area contributed by atoms with Crippen molar-refractivity contribution >= 4 is 34.8 Å². The number of hydrogen-bond acceptors (Lipinski definition) is 5. The van der Waals surface area contributed by atoms with Crippen molar-refractivity contribution in [2.75, 3.05) is 18.4 Å². The van der Waals surface area contributed by atoms with E-state index in [9.17, 15) is 0 Å². The molecule has 1 aliphatic heterocycles. The maximum Gasteiger partial charge on any atom is 0.132 e. The number of aromatic nitrogens is 2. The van der Waals surface area contributed by atoms with E-state index in [1.165, 1.54) is 0 Å². The van der Waals surface area contributed by atoms with Crippen LogP contribution in [0.2, 0.25) is 0 Å². The van der Waals surface area contributed by atoms with Crippen molar-refractivity contribution < 1.29 is 4.74 Å². The lowest BCUT2D eigenvalue weighted by Crippen LogP contribution is -2.34. The zero-order valence-corrected chi connectivity index (χ0v) is 15.6. The van der Waals surface area contributed by atoms with Crippen molar-refractivity contribution in [3.8, 4) is 5.75 Å². The monoisotopic (exact) mass is 370 g/mol. The molecule has 4 rings (SSSR count). The zero-order valence-electron chi connectivity index (χ0n) is 14.7. The molecule has 3 aromatic rings. The third-order valence-corrected chi connectivity index (χ3v) is 4.45. The average Bonchev–Trinajstić information content (AvgIpc) is 2.62. The fraction of sp³-hybridized carbons (Fsp3) is 0.300. The molecular formula is C20H23ClN4O. The van der Waals surface area contributed by atoms with Gasteiger partial charge in [0.15, 0.2) is 0 Å². The first-order valence-electron chi connectivity index (χ1n) is 8.73. The van der Waals surface area contributed by atoms with E-state index in [4.69, 9.17) is 4.74 Å². The molecule has 0 bridgehead atoms. The van der Waals surface area contributed by atoms with Crippen molar-refractivity contribution in [3.63, 3.8) is 0 Å². The van der Waals surface area contributed by atoms with Gasteiger partial charge < -0.3 is 15.4 Å². The molecule has 5 nitrogen and oxygen atoms in total. The molecule has 0 saturated carbocycles. The largest absolute Gasteiger partial charge is 0.490 e. The number of pyridine rings is 2. The molecule has 0 unspecified atom stereocenters. The van der Waals surface area contributed by atoms with Gasteiger partial charge in [-0.2, -0.15) is 0 Å². The average molecular weight is 371 g/mol. The molecule has 26 heavy (non-hydrogen) atoms. The van der Waals surface area contributed by atoms with Crippen LogP contribution in [0.3, 0.4) is 0 Å². The predicted octanol–water partition coefficient (Wildman–Crippen LogP) is 4.23. The van der Waals surface area contributed by atoms with Crippen molar-refractivity contribution in [1.29, 1.82) is 0 Å². The van der Waals surface area contributed by atoms with Crippen LogP contribution in [0.1, 0.15) is 18.4 Å². The number of nitrogens with one attached hydrogen (secondary N) is 2. The van der Waals surface area contributed by atoms with Gasteiger partial charge in [0.2, 0.25) is 0 Å². The summed E-state index contributed by atoms with van der Waals surface area (Å²) in [6.07, 6.45) is 6.08. The minimum atomic E-state index is 0. The van der Waals surface area contributed by atoms with Crippen LogP contribution < -0.4 is 15.4 Å². The summed E-state index contributed by atoms with van der Waals surface area (Å²) in [6, 6.07) is 12.2. The van der Waals surface area contributed by atoms with Gasteiger partial charge in [-0.25, -0.2) is 9.97 Å². The van der Waals surface area contributed by atoms with Crippen molar-refractivity contribution in [1.82, 2.24) is 15.3 Å². The molecule has 0 amide bonds. The van der Waals surface area contributed by atoms with Gasteiger partial charge in [0.05, 0.1) is 0 Å². The van der Waals surface area contributed by atoms with E-state index in [2.05, 4.69) is 32.7 Å². The molecule has 136 valence electrons. The van der Waals surface area contributed by atoms with Crippen LogP contribution in [-0.4, -0.2) is 29.2 Å². The van der Waals surface area contributed by atoms with Crippen molar-refractivity contribution in [3.05, 3.63) is 54.4 Å². The van der Waals surface area contributed by atoms with E-state index >= 15 is 0 Å². The van der Waals surface area contributed by atoms with E-state index in [0.29, 0.717) is 6.10 Å². The maximum absolute atomic E-state index is 6.14. The molecule has 1 fully saturated rings. The smallest absolute Gasteiger partial charge is 0.132 e. The minimum absolute atomic E-state index is 0. The van der Waals surface area contributed by atoms with Crippen LogP contribution in [0.15, 0.2) is 48.8 Å². The van der Waals surface area contributed by atoms with Gasteiger partial charge in [0, 0.05) is 17.8 Å². The molecule has 0 atom stereocenters. The zero-order chi connectivity index (χ0) is 17.1. The highest BCUT2D eigenvalue weighted by atomic mass is 35.5. The van der Waals surface area contributed by atoms with E-state index in [1.54, 1.807) is 6.20 Å². The summed E-state index contributed by atoms with van der Waals surface area (Å²) in [5.41, 5.74) is 1.16. The summed E-state index contributed by atoms with van der Waals surface area (Å²) >= 11 is 0. The van der Waals surface area contributed by atoms with E-state index in [1.807, 2.05) is 37.4 Å². The molecule has 3 heterocycles. The quantitative estimate of drug-likeness (QED) is 0.719. The fourth-order valence-corrected chi connectivity index (χ4v) is 3.10. The number of anilines is 2. The van der Waals surface area contributed by atoms with Crippen molar-refractivity contribution in [2.45, 2.75) is 25.9 Å². The molecule has 2 N–H and O–H groups in total. The Morgan fingerprint density at radius 1 is 1.00 bits per heavy atom. The van der Waals surface area contributed by atoms with Gasteiger partial charge in [-0.1, -0.05) is 0 Å². The second-order valence-corrected chi connectivity index (χ2v) is 6.49. The van der Waals surface area contributed by atoms with Crippen LogP contribution in [0, 0.1) is 6.92 Å². The molecule has 1 aromatic carbocycles. The first-order chi connectivity index (χ1) is 12.3. The van der Waals surface area contributed by atoms with E-state index in [0.717, 1.165) is 59.7 Å². The van der Waals surface area contributed by atoms with Crippen LogP contribution >= 0.6 is 12.4 Å². The second-order valence-electron chi connectivity index (χ2n) is 6.49. The Morgan fingerprint density at radius 3 is 2.62 bits per heavy atom. The lowest BCUT2D eigenvalue weighted by Gasteiger charge is -2.24. The van der Waals surface area contributed by atoms with E-state index < -0.39 is 0 Å². The number of hydrogen-bond donors (Lipinski definition) is 2. The minimum Gasteiger partial charge on any atom is -0.490 e. The molecule has 0 aliphatic carbocycles. The third kappa shape index (κ3) is 4.42. The first-order valence-corrected chi connectivity index (χ1v) is 8.73. The highest BCUT2D eigenvalue weighted by Gasteiger charge is 2.14. The Bertz CT molecular complexity index is 881. The highest BCUT2D eigenvalue weighted by molar-refractivity contribution is 5.86. The third-order valence-electron chi connectivity index (χ3n) is 4.45. The topological polar surface area (TPSA) is 59.1 Å². The van der Waals surface area contributed by atoms with Gasteiger partial charge >= 0.3 is 0 Å². The Kier molecular flexibility index (Phi) is 5.91. The summed E-state index contributed by atoms with van der Waals surface area (Å²) in [5.74, 6) is 2.50. The Labute approximate surface area is 159 Å². The number of benzene rings is 1. The SMILES string of the molecule is Cc1ccnc(Nc2cc3cc(OC4CCNCC4)ccc3cn2)c1.Cl. The second kappa shape index (κ2) is 8.34. The first kappa shape index (κ1) is 18.4. The number of ether oxygens (including phenoxy) is 1. The van der Waals surface area contributed by atoms with Gasteiger partial charge in [-0.15, -0.1) is 12.4 Å². The lowest BCUT2D eigenvalue weighted by molar-refractivity contribution is 0.162. The standard InChI is InChI=1S/C20H22N4O.ClH/c1-14-4-9-22-19(10-14)24-20-12-16-11-18(3-2-15(16)13-23-20)25-17-5-7-21-8-6-17;/h2-4,9-13,17,21H,5-8H2,1H3,(H,22,23,24);1H. The van der Waals surface area contributed by atoms with Crippen LogP contribution in [-0.2, 0) is 0 Å². The molecule has 1 aliphatic rings. The van der Waals surface area contributed by atoms with Gasteiger partial charge in [-0.05, 0) is 80.2 Å². The van der Waals surface area contributed by atoms with Crippen LogP contribution in [0.25, 0.3) is 10.8 Å². The predicted molar refractivity (Wildman–Crippen MR) is 108 cm³/mol. The maximum atomic E-state index is 6.14. The van der Waals surface area contributed by atoms with Crippen LogP contribution in [0.4, 0.5) is 11.6 Å². The summed E-state index contributed by atoms with van der Waals surface area (Å²) < 4.78 is 6.14. The number of piperidine rings is 1. The molecular weight excluding hydrogens is 348 g/mol. The summed E-state index contributed by atoms with van der Waals surface area (Å²) in [4.78, 5) is 8.81. The number of fused-ring (bicyclic) bond motifs is 1. The normalized spacial score (nSPS) is 14.7. The Balaban J connectivity index is 0.00000196. The van der Waals surface area contributed by atoms with Gasteiger partial charge in [-0.3, -0.25) is 0 Å². The van der Waals surface area contributed by atoms with Crippen molar-refractivity contribution in [2.24, 2.45) is 0 Å². The van der Waals surface area contributed by atoms with Gasteiger partial charge in [0.1, 0.15) is 23.5 Å². The number of nitrogens with zero attached hydrogens (tertiary/aromatic N) is 2. The molecule has 0 spiro atoms. The number of aryl methyl sites for hydroxylation is 1. The molecule has 2 aromatic heterocycles. The number of rotatable bonds is 4. The van der Waals surface area contributed by atoms with E-state index in [-0.39, 0.29) is 12.4 Å². The molecule has 0 radical (unpaired) electrons. The molecule has 6 heteroatoms. The Morgan fingerprint density at radius 2 is 1.81 bits per heavy atom. The lowest BCUT2D eigenvalue weighted by atomic mass is 10.1. The summed E-state index contributed by atoms with van der Waals surface area (Å²) in [7, 11) is 0. The van der Waals surface area contributed by atoms with Gasteiger partial charge in [0.25, 0.3) is 0 Å². The fourth-order valence-electron chi connectivity index (χ4n) is 3.10. The van der Waals surface area contributed by atoms with Crippen LogP contribution in [0.5, 0.6) is 5.75 Å². The highest BCUT2D eigenvalue weighted by Crippen LogP contribution is 2.25. The molecule has 1 saturated heterocycles. The summed E-state index contributed by atoms with van der Waals surface area (Å²) in [6.45, 7) is 4.10. The Hall–Kier alpha value is -2.37. The number of halogens is 1. The summed E-state index contributed by atoms with van der Waals surface area (Å²) in [5, 5.41) is 8.83.